The van der Waals surface area contributed by atoms with Crippen LogP contribution in [0.1, 0.15) is 31.5 Å². The van der Waals surface area contributed by atoms with Crippen LogP contribution in [0.4, 0.5) is 5.69 Å². The summed E-state index contributed by atoms with van der Waals surface area (Å²) in [5, 5.41) is 6.79. The highest BCUT2D eigenvalue weighted by atomic mass is 16.5. The Morgan fingerprint density at radius 1 is 1.27 bits per heavy atom. The van der Waals surface area contributed by atoms with Gasteiger partial charge in [-0.1, -0.05) is 18.0 Å². The predicted octanol–water partition coefficient (Wildman–Crippen LogP) is 1.80. The smallest absolute Gasteiger partial charge is 0.262 e. The Bertz CT molecular complexity index is 734. The van der Waals surface area contributed by atoms with Gasteiger partial charge in [-0.25, -0.2) is 0 Å². The number of carbonyl (C=O) groups excluding carboxylic acids is 1. The molecule has 1 aromatic carbocycles. The maximum atomic E-state index is 11.3. The first-order chi connectivity index (χ1) is 10.6. The van der Waals surface area contributed by atoms with Crippen LogP contribution in [0.3, 0.4) is 0 Å². The monoisotopic (exact) mass is 300 g/mol. The van der Waals surface area contributed by atoms with E-state index in [4.69, 9.17) is 15.0 Å². The number of amides is 1. The second-order valence-corrected chi connectivity index (χ2v) is 5.83. The van der Waals surface area contributed by atoms with Crippen LogP contribution in [0.15, 0.2) is 22.7 Å². The number of nitrogens with zero attached hydrogens (tertiary/aromatic N) is 2. The van der Waals surface area contributed by atoms with Crippen molar-refractivity contribution in [2.75, 3.05) is 11.9 Å². The van der Waals surface area contributed by atoms with Crippen molar-refractivity contribution in [3.8, 4) is 17.2 Å². The molecule has 1 saturated carbocycles. The molecule has 0 bridgehead atoms. The number of hydrogen-bond donors (Lipinski definition) is 2. The van der Waals surface area contributed by atoms with Gasteiger partial charge in [0.05, 0.1) is 11.2 Å². The quantitative estimate of drug-likeness (QED) is 0.876. The standard InChI is InChI=1S/C15H16N4O3/c16-15(5-1-2-6-15)14-18-13(22-19-14)9-3-4-10-11(7-9)21-8-12(20)17-10/h3-4,7H,1-2,5-6,8,16H2,(H,17,20). The predicted molar refractivity (Wildman–Crippen MR) is 78.2 cm³/mol. The molecule has 1 amide bonds. The highest BCUT2D eigenvalue weighted by Gasteiger charge is 2.36. The third-order valence-electron chi connectivity index (χ3n) is 4.23. The Hall–Kier alpha value is -2.41. The summed E-state index contributed by atoms with van der Waals surface area (Å²) in [7, 11) is 0. The topological polar surface area (TPSA) is 103 Å². The van der Waals surface area contributed by atoms with Crippen molar-refractivity contribution in [2.24, 2.45) is 5.73 Å². The van der Waals surface area contributed by atoms with E-state index in [1.54, 1.807) is 12.1 Å². The number of nitrogens with two attached hydrogens (primary N) is 1. The van der Waals surface area contributed by atoms with E-state index in [1.807, 2.05) is 6.07 Å². The molecule has 1 fully saturated rings. The normalized spacial score (nSPS) is 19.4. The van der Waals surface area contributed by atoms with Gasteiger partial charge in [0, 0.05) is 5.56 Å². The number of hydrogen-bond acceptors (Lipinski definition) is 6. The van der Waals surface area contributed by atoms with E-state index in [-0.39, 0.29) is 12.5 Å². The van der Waals surface area contributed by atoms with Crippen molar-refractivity contribution >= 4 is 11.6 Å². The number of aromatic nitrogens is 2. The van der Waals surface area contributed by atoms with Crippen LogP contribution in [0.2, 0.25) is 0 Å². The molecule has 7 nitrogen and oxygen atoms in total. The fourth-order valence-corrected chi connectivity index (χ4v) is 2.98. The van der Waals surface area contributed by atoms with E-state index in [2.05, 4.69) is 15.5 Å². The fourth-order valence-electron chi connectivity index (χ4n) is 2.98. The number of fused-ring (bicyclic) bond motifs is 1. The maximum absolute atomic E-state index is 11.3. The number of ether oxygens (including phenoxy) is 1. The maximum Gasteiger partial charge on any atom is 0.262 e. The van der Waals surface area contributed by atoms with E-state index < -0.39 is 5.54 Å². The molecule has 0 atom stereocenters. The molecule has 4 rings (SSSR count). The molecule has 0 radical (unpaired) electrons. The van der Waals surface area contributed by atoms with Crippen LogP contribution >= 0.6 is 0 Å². The summed E-state index contributed by atoms with van der Waals surface area (Å²) in [6.07, 6.45) is 3.94. The number of carbonyl (C=O) groups is 1. The van der Waals surface area contributed by atoms with Crippen LogP contribution in [0.25, 0.3) is 11.5 Å². The Balaban J connectivity index is 1.65. The van der Waals surface area contributed by atoms with Gasteiger partial charge in [0.15, 0.2) is 12.4 Å². The number of benzene rings is 1. The average molecular weight is 300 g/mol. The Labute approximate surface area is 126 Å². The van der Waals surface area contributed by atoms with Gasteiger partial charge >= 0.3 is 0 Å². The first-order valence-corrected chi connectivity index (χ1v) is 7.34. The summed E-state index contributed by atoms with van der Waals surface area (Å²) in [5.74, 6) is 1.41. The lowest BCUT2D eigenvalue weighted by Crippen LogP contribution is -2.34. The molecule has 1 aromatic heterocycles. The van der Waals surface area contributed by atoms with Gasteiger partial charge in [0.25, 0.3) is 11.8 Å². The van der Waals surface area contributed by atoms with E-state index in [0.29, 0.717) is 23.2 Å². The lowest BCUT2D eigenvalue weighted by molar-refractivity contribution is -0.118. The van der Waals surface area contributed by atoms with Crippen LogP contribution < -0.4 is 15.8 Å². The van der Waals surface area contributed by atoms with Gasteiger partial charge in [-0.05, 0) is 31.0 Å². The molecule has 0 unspecified atom stereocenters. The second-order valence-electron chi connectivity index (χ2n) is 5.83. The third-order valence-corrected chi connectivity index (χ3v) is 4.23. The minimum absolute atomic E-state index is 0.0114. The summed E-state index contributed by atoms with van der Waals surface area (Å²) in [5.41, 5.74) is 7.26. The number of rotatable bonds is 2. The lowest BCUT2D eigenvalue weighted by atomic mass is 9.99. The van der Waals surface area contributed by atoms with Gasteiger partial charge in [-0.2, -0.15) is 4.98 Å². The first kappa shape index (κ1) is 13.3. The SMILES string of the molecule is NC1(c2noc(-c3ccc4c(c3)OCC(=O)N4)n2)CCCC1. The summed E-state index contributed by atoms with van der Waals surface area (Å²) in [4.78, 5) is 15.7. The molecule has 114 valence electrons. The van der Waals surface area contributed by atoms with Gasteiger partial charge in [-0.15, -0.1) is 0 Å². The van der Waals surface area contributed by atoms with E-state index in [9.17, 15) is 4.79 Å². The summed E-state index contributed by atoms with van der Waals surface area (Å²) in [6, 6.07) is 5.35. The first-order valence-electron chi connectivity index (χ1n) is 7.34. The number of nitrogens with one attached hydrogen (secondary N) is 1. The van der Waals surface area contributed by atoms with Crippen molar-refractivity contribution in [3.63, 3.8) is 0 Å². The molecule has 2 heterocycles. The Kier molecular flexibility index (Phi) is 2.90. The van der Waals surface area contributed by atoms with Crippen molar-refractivity contribution in [1.82, 2.24) is 10.1 Å². The molecule has 1 aliphatic heterocycles. The molecular weight excluding hydrogens is 284 g/mol. The summed E-state index contributed by atoms with van der Waals surface area (Å²) in [6.45, 7) is 0.0114. The van der Waals surface area contributed by atoms with E-state index >= 15 is 0 Å². The Morgan fingerprint density at radius 2 is 2.09 bits per heavy atom. The van der Waals surface area contributed by atoms with Gasteiger partial charge in [0.1, 0.15) is 5.75 Å². The molecule has 22 heavy (non-hydrogen) atoms. The third kappa shape index (κ3) is 2.14. The van der Waals surface area contributed by atoms with Gasteiger partial charge in [0.2, 0.25) is 0 Å². The average Bonchev–Trinajstić information content (AvgIpc) is 3.16. The van der Waals surface area contributed by atoms with Gasteiger partial charge in [-0.3, -0.25) is 4.79 Å². The van der Waals surface area contributed by atoms with Crippen LogP contribution in [-0.4, -0.2) is 22.7 Å². The number of anilines is 1. The molecule has 3 N–H and O–H groups in total. The second kappa shape index (κ2) is 4.81. The van der Waals surface area contributed by atoms with Crippen LogP contribution in [0, 0.1) is 0 Å². The molecular formula is C15H16N4O3. The van der Waals surface area contributed by atoms with Crippen LogP contribution in [0.5, 0.6) is 5.75 Å². The minimum Gasteiger partial charge on any atom is -0.482 e. The Morgan fingerprint density at radius 3 is 2.91 bits per heavy atom. The zero-order valence-electron chi connectivity index (χ0n) is 12.0. The van der Waals surface area contributed by atoms with Crippen molar-refractivity contribution in [2.45, 2.75) is 31.2 Å². The minimum atomic E-state index is -0.472. The van der Waals surface area contributed by atoms with E-state index in [1.165, 1.54) is 0 Å². The molecule has 1 aliphatic carbocycles. The fraction of sp³-hybridized carbons (Fsp3) is 0.400. The highest BCUT2D eigenvalue weighted by molar-refractivity contribution is 5.95. The summed E-state index contributed by atoms with van der Waals surface area (Å²) < 4.78 is 10.8. The van der Waals surface area contributed by atoms with Gasteiger partial charge < -0.3 is 20.3 Å². The molecule has 0 spiro atoms. The van der Waals surface area contributed by atoms with Crippen LogP contribution in [-0.2, 0) is 10.3 Å². The zero-order chi connectivity index (χ0) is 15.2. The van der Waals surface area contributed by atoms with Crippen molar-refractivity contribution < 1.29 is 14.1 Å². The highest BCUT2D eigenvalue weighted by Crippen LogP contribution is 2.36. The van der Waals surface area contributed by atoms with Crippen molar-refractivity contribution in [3.05, 3.63) is 24.0 Å². The zero-order valence-corrected chi connectivity index (χ0v) is 12.0. The van der Waals surface area contributed by atoms with E-state index in [0.717, 1.165) is 31.2 Å². The van der Waals surface area contributed by atoms with Crippen molar-refractivity contribution in [1.29, 1.82) is 0 Å². The molecule has 7 heteroatoms. The lowest BCUT2D eigenvalue weighted by Gasteiger charge is -2.18. The largest absolute Gasteiger partial charge is 0.482 e. The summed E-state index contributed by atoms with van der Waals surface area (Å²) >= 11 is 0. The molecule has 2 aliphatic rings. The molecule has 0 saturated heterocycles. The molecule has 2 aromatic rings.